The summed E-state index contributed by atoms with van der Waals surface area (Å²) < 4.78 is 0. The van der Waals surface area contributed by atoms with Gasteiger partial charge in [0.05, 0.1) is 16.4 Å². The van der Waals surface area contributed by atoms with Crippen LogP contribution in [-0.2, 0) is 14.5 Å². The molecule has 2 aromatic rings. The van der Waals surface area contributed by atoms with E-state index in [1.165, 1.54) is 34.9 Å². The molecule has 1 unspecified atom stereocenters. The molecule has 2 amide bonds. The molecule has 0 saturated carbocycles. The first kappa shape index (κ1) is 20.5. The van der Waals surface area contributed by atoms with Gasteiger partial charge in [-0.25, -0.2) is 4.99 Å². The molecule has 30 heavy (non-hydrogen) atoms. The van der Waals surface area contributed by atoms with Crippen LogP contribution in [-0.4, -0.2) is 38.2 Å². The summed E-state index contributed by atoms with van der Waals surface area (Å²) in [5.41, 5.74) is 1.34. The second kappa shape index (κ2) is 7.46. The molecule has 0 aromatic heterocycles. The van der Waals surface area contributed by atoms with Gasteiger partial charge in [-0.2, -0.15) is 0 Å². The van der Waals surface area contributed by atoms with Gasteiger partial charge in [-0.05, 0) is 42.9 Å². The number of nitro groups is 1. The van der Waals surface area contributed by atoms with Gasteiger partial charge in [-0.3, -0.25) is 24.6 Å². The fourth-order valence-corrected chi connectivity index (χ4v) is 5.06. The number of halogens is 1. The molecule has 0 spiro atoms. The molecule has 11 heteroatoms. The fourth-order valence-electron chi connectivity index (χ4n) is 3.35. The number of nitrogens with zero attached hydrogens (tertiary/aromatic N) is 3. The number of nitro benzene ring substituents is 1. The predicted molar refractivity (Wildman–Crippen MR) is 119 cm³/mol. The molecule has 1 saturated heterocycles. The summed E-state index contributed by atoms with van der Waals surface area (Å²) in [5, 5.41) is 14.0. The van der Waals surface area contributed by atoms with E-state index < -0.39 is 15.7 Å². The summed E-state index contributed by atoms with van der Waals surface area (Å²) >= 11 is 12.8. The van der Waals surface area contributed by atoms with Gasteiger partial charge in [0.2, 0.25) is 11.0 Å². The SMILES string of the molecule is CC1(c2ccc(Cl)cc2)SCC(=O)N1C(=S)N=C1C(=O)Nc2cc([N+](=O)[O-])ccc21. The molecule has 4 rings (SSSR count). The van der Waals surface area contributed by atoms with Crippen LogP contribution in [0.1, 0.15) is 18.1 Å². The van der Waals surface area contributed by atoms with Crippen LogP contribution in [0.2, 0.25) is 5.02 Å². The van der Waals surface area contributed by atoms with Gasteiger partial charge in [-0.15, -0.1) is 11.8 Å². The summed E-state index contributed by atoms with van der Waals surface area (Å²) in [6, 6.07) is 11.1. The number of thiocarbonyl (C=S) groups is 1. The summed E-state index contributed by atoms with van der Waals surface area (Å²) in [5.74, 6) is -0.562. The highest BCUT2D eigenvalue weighted by Crippen LogP contribution is 2.45. The van der Waals surface area contributed by atoms with E-state index in [9.17, 15) is 19.7 Å². The number of hydrogen-bond donors (Lipinski definition) is 1. The Labute approximate surface area is 185 Å². The van der Waals surface area contributed by atoms with Crippen molar-refractivity contribution in [2.24, 2.45) is 4.99 Å². The highest BCUT2D eigenvalue weighted by atomic mass is 35.5. The monoisotopic (exact) mass is 460 g/mol. The third-order valence-electron chi connectivity index (χ3n) is 4.86. The van der Waals surface area contributed by atoms with E-state index in [2.05, 4.69) is 10.3 Å². The van der Waals surface area contributed by atoms with Gasteiger partial charge in [0.15, 0.2) is 0 Å². The summed E-state index contributed by atoms with van der Waals surface area (Å²) in [6.45, 7) is 1.85. The van der Waals surface area contributed by atoms with Crippen LogP contribution in [0, 0.1) is 10.1 Å². The molecule has 2 aromatic carbocycles. The number of anilines is 1. The number of amides is 2. The van der Waals surface area contributed by atoms with Crippen molar-refractivity contribution in [3.8, 4) is 0 Å². The van der Waals surface area contributed by atoms with Crippen LogP contribution >= 0.6 is 35.6 Å². The first-order chi connectivity index (χ1) is 14.2. The van der Waals surface area contributed by atoms with Gasteiger partial charge in [0, 0.05) is 22.7 Å². The number of hydrogen-bond acceptors (Lipinski definition) is 6. The molecule has 1 atom stereocenters. The van der Waals surface area contributed by atoms with E-state index in [-0.39, 0.29) is 33.9 Å². The quantitative estimate of drug-likeness (QED) is 0.416. The van der Waals surface area contributed by atoms with Crippen molar-refractivity contribution < 1.29 is 14.5 Å². The Hall–Kier alpha value is -2.82. The molecule has 2 aliphatic rings. The molecular weight excluding hydrogens is 448 g/mol. The van der Waals surface area contributed by atoms with Crippen molar-refractivity contribution in [1.29, 1.82) is 0 Å². The van der Waals surface area contributed by atoms with Crippen molar-refractivity contribution in [1.82, 2.24) is 4.90 Å². The number of aliphatic imine (C=N–C) groups is 1. The van der Waals surface area contributed by atoms with Gasteiger partial charge >= 0.3 is 0 Å². The molecular formula is C19H13ClN4O4S2. The lowest BCUT2D eigenvalue weighted by Crippen LogP contribution is -2.43. The lowest BCUT2D eigenvalue weighted by Gasteiger charge is -2.33. The third kappa shape index (κ3) is 3.36. The average Bonchev–Trinajstić information content (AvgIpc) is 3.18. The van der Waals surface area contributed by atoms with Crippen LogP contribution in [0.25, 0.3) is 0 Å². The minimum absolute atomic E-state index is 0.00746. The standard InChI is InChI=1S/C19H13ClN4O4S2/c1-19(10-2-4-11(20)5-3-10)23(15(25)9-30-19)18(29)22-16-13-7-6-12(24(27)28)8-14(13)21-17(16)26/h2-8H,9H2,1H3,(H,21,22,26,29). The Morgan fingerprint density at radius 2 is 2.00 bits per heavy atom. The van der Waals surface area contributed by atoms with Crippen LogP contribution < -0.4 is 5.32 Å². The Kier molecular flexibility index (Phi) is 5.08. The topological polar surface area (TPSA) is 105 Å². The summed E-state index contributed by atoms with van der Waals surface area (Å²) in [4.78, 5) is 40.3. The second-order valence-electron chi connectivity index (χ2n) is 6.69. The van der Waals surface area contributed by atoms with E-state index in [1.807, 2.05) is 19.1 Å². The van der Waals surface area contributed by atoms with Gasteiger partial charge in [0.25, 0.3) is 11.6 Å². The number of thioether (sulfide) groups is 1. The Balaban J connectivity index is 1.71. The summed E-state index contributed by atoms with van der Waals surface area (Å²) in [6.07, 6.45) is 0. The number of fused-ring (bicyclic) bond motifs is 1. The Morgan fingerprint density at radius 1 is 1.30 bits per heavy atom. The lowest BCUT2D eigenvalue weighted by molar-refractivity contribution is -0.384. The molecule has 1 N–H and O–H groups in total. The summed E-state index contributed by atoms with van der Waals surface area (Å²) in [7, 11) is 0. The third-order valence-corrected chi connectivity index (χ3v) is 6.76. The van der Waals surface area contributed by atoms with Crippen molar-refractivity contribution in [2.45, 2.75) is 11.8 Å². The van der Waals surface area contributed by atoms with Crippen molar-refractivity contribution in [3.05, 3.63) is 68.7 Å². The first-order valence-corrected chi connectivity index (χ1v) is 10.4. The number of rotatable bonds is 2. The van der Waals surface area contributed by atoms with Crippen LogP contribution in [0.4, 0.5) is 11.4 Å². The number of nitrogens with one attached hydrogen (secondary N) is 1. The van der Waals surface area contributed by atoms with Crippen molar-refractivity contribution in [2.75, 3.05) is 11.1 Å². The number of carbonyl (C=O) groups is 2. The van der Waals surface area contributed by atoms with Gasteiger partial charge < -0.3 is 5.32 Å². The molecule has 152 valence electrons. The Bertz CT molecular complexity index is 1150. The van der Waals surface area contributed by atoms with Crippen LogP contribution in [0.5, 0.6) is 0 Å². The molecule has 2 heterocycles. The zero-order valence-corrected chi connectivity index (χ0v) is 17.8. The molecule has 1 fully saturated rings. The zero-order chi connectivity index (χ0) is 21.6. The Morgan fingerprint density at radius 3 is 2.67 bits per heavy atom. The maximum absolute atomic E-state index is 12.6. The fraction of sp³-hybridized carbons (Fsp3) is 0.158. The van der Waals surface area contributed by atoms with E-state index in [4.69, 9.17) is 23.8 Å². The molecule has 2 aliphatic heterocycles. The molecule has 8 nitrogen and oxygen atoms in total. The molecule has 0 radical (unpaired) electrons. The first-order valence-electron chi connectivity index (χ1n) is 8.66. The molecule has 0 aliphatic carbocycles. The normalized spacial score (nSPS) is 21.7. The van der Waals surface area contributed by atoms with E-state index in [1.54, 1.807) is 12.1 Å². The van der Waals surface area contributed by atoms with Crippen LogP contribution in [0.3, 0.4) is 0 Å². The second-order valence-corrected chi connectivity index (χ2v) is 8.87. The van der Waals surface area contributed by atoms with Gasteiger partial charge in [0.1, 0.15) is 10.6 Å². The predicted octanol–water partition coefficient (Wildman–Crippen LogP) is 3.72. The lowest BCUT2D eigenvalue weighted by atomic mass is 10.1. The minimum atomic E-state index is -0.809. The minimum Gasteiger partial charge on any atom is -0.320 e. The largest absolute Gasteiger partial charge is 0.320 e. The van der Waals surface area contributed by atoms with Crippen molar-refractivity contribution in [3.63, 3.8) is 0 Å². The number of benzene rings is 2. The van der Waals surface area contributed by atoms with Crippen LogP contribution in [0.15, 0.2) is 47.5 Å². The molecule has 0 bridgehead atoms. The maximum atomic E-state index is 12.6. The maximum Gasteiger partial charge on any atom is 0.275 e. The van der Waals surface area contributed by atoms with E-state index in [0.717, 1.165) is 5.56 Å². The average molecular weight is 461 g/mol. The van der Waals surface area contributed by atoms with E-state index in [0.29, 0.717) is 10.6 Å². The highest BCUT2D eigenvalue weighted by Gasteiger charge is 2.46. The van der Waals surface area contributed by atoms with E-state index >= 15 is 0 Å². The zero-order valence-electron chi connectivity index (χ0n) is 15.4. The number of carbonyl (C=O) groups excluding carboxylic acids is 2. The highest BCUT2D eigenvalue weighted by molar-refractivity contribution is 8.01. The number of non-ortho nitro benzene ring substituents is 1. The van der Waals surface area contributed by atoms with Crippen molar-refractivity contribution >= 4 is 69.6 Å². The smallest absolute Gasteiger partial charge is 0.275 e. The van der Waals surface area contributed by atoms with Gasteiger partial charge in [-0.1, -0.05) is 23.7 Å².